The first kappa shape index (κ1) is 15.4. The third-order valence-corrected chi connectivity index (χ3v) is 4.08. The van der Waals surface area contributed by atoms with E-state index in [2.05, 4.69) is 12.2 Å². The van der Waals surface area contributed by atoms with Crippen molar-refractivity contribution in [1.82, 2.24) is 10.2 Å². The fourth-order valence-corrected chi connectivity index (χ4v) is 2.85. The zero-order chi connectivity index (χ0) is 14.7. The predicted octanol–water partition coefficient (Wildman–Crippen LogP) is 2.92. The van der Waals surface area contributed by atoms with Gasteiger partial charge in [-0.15, -0.1) is 0 Å². The molecule has 4 nitrogen and oxygen atoms in total. The Morgan fingerprint density at radius 1 is 1.55 bits per heavy atom. The molecule has 1 N–H and O–H groups in total. The molecule has 2 rings (SSSR count). The topological polar surface area (TPSA) is 45.5 Å². The van der Waals surface area contributed by atoms with Gasteiger partial charge < -0.3 is 14.6 Å². The normalized spacial score (nSPS) is 23.4. The standard InChI is InChI=1S/C15H23ClN2O2/c1-10(2)15(19)18-7-6-13(11(3)9-18)17-8-12-4-5-14(16)20-12/h4-5,10-11,13,17H,6-9H2,1-3H3/t11-,13-/m1/s1. The Labute approximate surface area is 125 Å². The molecular formula is C15H23ClN2O2. The number of likely N-dealkylation sites (tertiary alicyclic amines) is 1. The summed E-state index contributed by atoms with van der Waals surface area (Å²) in [6.07, 6.45) is 0.980. The smallest absolute Gasteiger partial charge is 0.225 e. The van der Waals surface area contributed by atoms with Crippen LogP contribution < -0.4 is 5.32 Å². The summed E-state index contributed by atoms with van der Waals surface area (Å²) in [6, 6.07) is 4.05. The van der Waals surface area contributed by atoms with Crippen LogP contribution in [-0.4, -0.2) is 29.9 Å². The average molecular weight is 299 g/mol. The first-order chi connectivity index (χ1) is 9.47. The van der Waals surface area contributed by atoms with Gasteiger partial charge in [-0.1, -0.05) is 20.8 Å². The Kier molecular flexibility index (Phi) is 5.11. The maximum atomic E-state index is 12.0. The highest BCUT2D eigenvalue weighted by Crippen LogP contribution is 2.20. The molecule has 0 aliphatic carbocycles. The monoisotopic (exact) mass is 298 g/mol. The second-order valence-electron chi connectivity index (χ2n) is 5.90. The summed E-state index contributed by atoms with van der Waals surface area (Å²) >= 11 is 5.76. The number of hydrogen-bond donors (Lipinski definition) is 1. The van der Waals surface area contributed by atoms with E-state index in [9.17, 15) is 4.79 Å². The number of carbonyl (C=O) groups excluding carboxylic acids is 1. The molecule has 112 valence electrons. The Morgan fingerprint density at radius 2 is 2.30 bits per heavy atom. The minimum absolute atomic E-state index is 0.0805. The van der Waals surface area contributed by atoms with Crippen LogP contribution in [0.3, 0.4) is 0 Å². The quantitative estimate of drug-likeness (QED) is 0.929. The lowest BCUT2D eigenvalue weighted by Crippen LogP contribution is -2.50. The van der Waals surface area contributed by atoms with Crippen molar-refractivity contribution < 1.29 is 9.21 Å². The van der Waals surface area contributed by atoms with Crippen LogP contribution in [0.4, 0.5) is 0 Å². The summed E-state index contributed by atoms with van der Waals surface area (Å²) < 4.78 is 5.34. The number of piperidine rings is 1. The molecule has 2 atom stereocenters. The molecule has 1 aromatic rings. The lowest BCUT2D eigenvalue weighted by Gasteiger charge is -2.38. The van der Waals surface area contributed by atoms with Gasteiger partial charge in [-0.05, 0) is 36.1 Å². The number of nitrogens with one attached hydrogen (secondary N) is 1. The number of furan rings is 1. The first-order valence-electron chi connectivity index (χ1n) is 7.23. The zero-order valence-corrected chi connectivity index (χ0v) is 13.1. The third-order valence-electron chi connectivity index (χ3n) is 3.88. The van der Waals surface area contributed by atoms with Crippen molar-refractivity contribution in [3.8, 4) is 0 Å². The van der Waals surface area contributed by atoms with Crippen molar-refractivity contribution in [2.24, 2.45) is 11.8 Å². The zero-order valence-electron chi connectivity index (χ0n) is 12.4. The van der Waals surface area contributed by atoms with E-state index in [0.29, 0.717) is 23.7 Å². The summed E-state index contributed by atoms with van der Waals surface area (Å²) in [5, 5.41) is 3.92. The van der Waals surface area contributed by atoms with Gasteiger partial charge >= 0.3 is 0 Å². The van der Waals surface area contributed by atoms with Gasteiger partial charge in [0.25, 0.3) is 0 Å². The van der Waals surface area contributed by atoms with Crippen LogP contribution >= 0.6 is 11.6 Å². The van der Waals surface area contributed by atoms with Crippen molar-refractivity contribution in [2.45, 2.75) is 39.8 Å². The van der Waals surface area contributed by atoms with Crippen molar-refractivity contribution in [3.63, 3.8) is 0 Å². The molecular weight excluding hydrogens is 276 g/mol. The number of amides is 1. The summed E-state index contributed by atoms with van der Waals surface area (Å²) in [6.45, 7) is 8.44. The Balaban J connectivity index is 1.82. The van der Waals surface area contributed by atoms with E-state index in [1.165, 1.54) is 0 Å². The van der Waals surface area contributed by atoms with E-state index in [1.807, 2.05) is 24.8 Å². The number of hydrogen-bond acceptors (Lipinski definition) is 3. The second-order valence-corrected chi connectivity index (χ2v) is 6.27. The lowest BCUT2D eigenvalue weighted by atomic mass is 9.93. The Bertz CT molecular complexity index is 458. The van der Waals surface area contributed by atoms with Gasteiger partial charge in [-0.2, -0.15) is 0 Å². The van der Waals surface area contributed by atoms with E-state index >= 15 is 0 Å². The molecule has 1 amide bonds. The minimum Gasteiger partial charge on any atom is -0.448 e. The Morgan fingerprint density at radius 3 is 2.85 bits per heavy atom. The van der Waals surface area contributed by atoms with E-state index in [4.69, 9.17) is 16.0 Å². The van der Waals surface area contributed by atoms with Gasteiger partial charge in [0.2, 0.25) is 5.91 Å². The molecule has 20 heavy (non-hydrogen) atoms. The summed E-state index contributed by atoms with van der Waals surface area (Å²) in [5.74, 6) is 1.63. The molecule has 0 unspecified atom stereocenters. The number of carbonyl (C=O) groups is 1. The van der Waals surface area contributed by atoms with Gasteiger partial charge in [0.15, 0.2) is 5.22 Å². The van der Waals surface area contributed by atoms with Crippen molar-refractivity contribution in [1.29, 1.82) is 0 Å². The maximum absolute atomic E-state index is 12.0. The van der Waals surface area contributed by atoms with E-state index < -0.39 is 0 Å². The molecule has 1 aliphatic rings. The van der Waals surface area contributed by atoms with Crippen molar-refractivity contribution >= 4 is 17.5 Å². The molecule has 0 bridgehead atoms. The average Bonchev–Trinajstić information content (AvgIpc) is 2.82. The van der Waals surface area contributed by atoms with Crippen LogP contribution in [-0.2, 0) is 11.3 Å². The minimum atomic E-state index is 0.0805. The van der Waals surface area contributed by atoms with Gasteiger partial charge in [-0.25, -0.2) is 0 Å². The van der Waals surface area contributed by atoms with E-state index in [-0.39, 0.29) is 11.8 Å². The molecule has 0 spiro atoms. The highest BCUT2D eigenvalue weighted by atomic mass is 35.5. The van der Waals surface area contributed by atoms with Crippen LogP contribution in [0.1, 0.15) is 33.0 Å². The van der Waals surface area contributed by atoms with E-state index in [0.717, 1.165) is 25.3 Å². The van der Waals surface area contributed by atoms with Crippen LogP contribution in [0.2, 0.25) is 5.22 Å². The number of rotatable bonds is 4. The van der Waals surface area contributed by atoms with Crippen LogP contribution in [0, 0.1) is 11.8 Å². The summed E-state index contributed by atoms with van der Waals surface area (Å²) in [4.78, 5) is 14.0. The fourth-order valence-electron chi connectivity index (χ4n) is 2.69. The van der Waals surface area contributed by atoms with Gasteiger partial charge in [-0.3, -0.25) is 4.79 Å². The van der Waals surface area contributed by atoms with Crippen molar-refractivity contribution in [2.75, 3.05) is 13.1 Å². The highest BCUT2D eigenvalue weighted by Gasteiger charge is 2.29. The van der Waals surface area contributed by atoms with Crippen molar-refractivity contribution in [3.05, 3.63) is 23.1 Å². The fraction of sp³-hybridized carbons (Fsp3) is 0.667. The maximum Gasteiger partial charge on any atom is 0.225 e. The third kappa shape index (κ3) is 3.76. The van der Waals surface area contributed by atoms with Crippen LogP contribution in [0.25, 0.3) is 0 Å². The summed E-state index contributed by atoms with van der Waals surface area (Å²) in [5.41, 5.74) is 0. The van der Waals surface area contributed by atoms with E-state index in [1.54, 1.807) is 6.07 Å². The first-order valence-corrected chi connectivity index (χ1v) is 7.61. The molecule has 1 aliphatic heterocycles. The highest BCUT2D eigenvalue weighted by molar-refractivity contribution is 6.28. The molecule has 1 fully saturated rings. The SMILES string of the molecule is CC(C)C(=O)N1CC[C@@H](NCc2ccc(Cl)o2)[C@H](C)C1. The second kappa shape index (κ2) is 6.64. The van der Waals surface area contributed by atoms with Gasteiger partial charge in [0.05, 0.1) is 6.54 Å². The largest absolute Gasteiger partial charge is 0.448 e. The number of nitrogens with zero attached hydrogens (tertiary/aromatic N) is 1. The Hall–Kier alpha value is -1.00. The van der Waals surface area contributed by atoms with Gasteiger partial charge in [0.1, 0.15) is 5.76 Å². The molecule has 2 heterocycles. The molecule has 1 aromatic heterocycles. The number of halogens is 1. The van der Waals surface area contributed by atoms with Crippen LogP contribution in [0.5, 0.6) is 0 Å². The molecule has 1 saturated heterocycles. The molecule has 0 aromatic carbocycles. The predicted molar refractivity (Wildman–Crippen MR) is 79.5 cm³/mol. The van der Waals surface area contributed by atoms with Crippen LogP contribution in [0.15, 0.2) is 16.5 Å². The van der Waals surface area contributed by atoms with Gasteiger partial charge in [0, 0.05) is 25.0 Å². The molecule has 5 heteroatoms. The summed E-state index contributed by atoms with van der Waals surface area (Å²) in [7, 11) is 0. The lowest BCUT2D eigenvalue weighted by molar-refractivity contribution is -0.136. The molecule has 0 saturated carbocycles. The molecule has 0 radical (unpaired) electrons.